The number of primary amides is 1. The average Bonchev–Trinajstić information content (AvgIpc) is 2.12. The molecule has 1 aromatic heterocycles. The van der Waals surface area contributed by atoms with E-state index in [1.165, 1.54) is 0 Å². The fourth-order valence-corrected chi connectivity index (χ4v) is 1.09. The number of hydrogen-bond acceptors (Lipinski definition) is 5. The van der Waals surface area contributed by atoms with Gasteiger partial charge in [-0.25, -0.2) is 4.98 Å². The van der Waals surface area contributed by atoms with Crippen LogP contribution in [0.25, 0.3) is 0 Å². The molecule has 0 atom stereocenters. The van der Waals surface area contributed by atoms with Gasteiger partial charge in [-0.15, -0.1) is 0 Å². The second-order valence-electron chi connectivity index (χ2n) is 3.66. The maximum atomic E-state index is 10.6. The van der Waals surface area contributed by atoms with Crippen LogP contribution in [0.3, 0.4) is 0 Å². The Kier molecular flexibility index (Phi) is 4.04. The standard InChI is InChI=1S/C10H16N4O2/c1-6(2)16-9-4-7(3)13-10(14-9)12-5-8(11)15/h4,6H,5H2,1-3H3,(H2,11,15)(H,12,13,14). The number of aryl methyl sites for hydroxylation is 1. The quantitative estimate of drug-likeness (QED) is 0.758. The highest BCUT2D eigenvalue weighted by Crippen LogP contribution is 2.13. The van der Waals surface area contributed by atoms with Crippen LogP contribution in [0.5, 0.6) is 5.88 Å². The molecule has 0 aromatic carbocycles. The Hall–Kier alpha value is -1.85. The number of ether oxygens (including phenoxy) is 1. The minimum atomic E-state index is -0.462. The topological polar surface area (TPSA) is 90.1 Å². The van der Waals surface area contributed by atoms with Crippen LogP contribution in [-0.2, 0) is 4.79 Å². The van der Waals surface area contributed by atoms with Crippen molar-refractivity contribution >= 4 is 11.9 Å². The van der Waals surface area contributed by atoms with Gasteiger partial charge in [0.05, 0.1) is 12.6 Å². The van der Waals surface area contributed by atoms with Crippen molar-refractivity contribution in [3.63, 3.8) is 0 Å². The fourth-order valence-electron chi connectivity index (χ4n) is 1.09. The highest BCUT2D eigenvalue weighted by atomic mass is 16.5. The summed E-state index contributed by atoms with van der Waals surface area (Å²) in [5.74, 6) is 0.361. The van der Waals surface area contributed by atoms with Gasteiger partial charge >= 0.3 is 0 Å². The molecule has 0 saturated carbocycles. The predicted molar refractivity (Wildman–Crippen MR) is 60.2 cm³/mol. The molecule has 0 fully saturated rings. The van der Waals surface area contributed by atoms with E-state index in [4.69, 9.17) is 10.5 Å². The highest BCUT2D eigenvalue weighted by molar-refractivity contribution is 5.78. The first kappa shape index (κ1) is 12.2. The molecule has 0 bridgehead atoms. The van der Waals surface area contributed by atoms with E-state index in [-0.39, 0.29) is 12.6 Å². The van der Waals surface area contributed by atoms with Gasteiger partial charge in [0.1, 0.15) is 0 Å². The van der Waals surface area contributed by atoms with E-state index in [9.17, 15) is 4.79 Å². The number of anilines is 1. The van der Waals surface area contributed by atoms with Crippen molar-refractivity contribution in [1.82, 2.24) is 9.97 Å². The van der Waals surface area contributed by atoms with Crippen molar-refractivity contribution < 1.29 is 9.53 Å². The molecule has 0 spiro atoms. The van der Waals surface area contributed by atoms with E-state index in [1.807, 2.05) is 20.8 Å². The van der Waals surface area contributed by atoms with E-state index in [2.05, 4.69) is 15.3 Å². The third-order valence-electron chi connectivity index (χ3n) is 1.61. The normalized spacial score (nSPS) is 10.2. The molecular formula is C10H16N4O2. The molecule has 1 rings (SSSR count). The molecular weight excluding hydrogens is 208 g/mol. The van der Waals surface area contributed by atoms with Crippen molar-refractivity contribution in [3.05, 3.63) is 11.8 Å². The predicted octanol–water partition coefficient (Wildman–Crippen LogP) is 0.469. The van der Waals surface area contributed by atoms with Gasteiger partial charge in [0, 0.05) is 11.8 Å². The van der Waals surface area contributed by atoms with Gasteiger partial charge in [-0.05, 0) is 20.8 Å². The Bertz CT molecular complexity index is 379. The van der Waals surface area contributed by atoms with Gasteiger partial charge in [-0.1, -0.05) is 0 Å². The maximum absolute atomic E-state index is 10.6. The summed E-state index contributed by atoms with van der Waals surface area (Å²) in [6.45, 7) is 5.65. The van der Waals surface area contributed by atoms with Crippen molar-refractivity contribution in [2.45, 2.75) is 26.9 Å². The van der Waals surface area contributed by atoms with Gasteiger partial charge in [-0.2, -0.15) is 4.98 Å². The summed E-state index contributed by atoms with van der Waals surface area (Å²) in [7, 11) is 0. The maximum Gasteiger partial charge on any atom is 0.236 e. The lowest BCUT2D eigenvalue weighted by molar-refractivity contribution is -0.116. The SMILES string of the molecule is Cc1cc(OC(C)C)nc(NCC(N)=O)n1. The summed E-state index contributed by atoms with van der Waals surface area (Å²) in [5, 5.41) is 2.72. The van der Waals surface area contributed by atoms with Gasteiger partial charge in [0.25, 0.3) is 0 Å². The number of carbonyl (C=O) groups excluding carboxylic acids is 1. The fraction of sp³-hybridized carbons (Fsp3) is 0.500. The molecule has 16 heavy (non-hydrogen) atoms. The average molecular weight is 224 g/mol. The zero-order valence-corrected chi connectivity index (χ0v) is 9.65. The van der Waals surface area contributed by atoms with Crippen molar-refractivity contribution in [2.75, 3.05) is 11.9 Å². The Morgan fingerprint density at radius 2 is 2.25 bits per heavy atom. The van der Waals surface area contributed by atoms with Crippen LogP contribution in [0, 0.1) is 6.92 Å². The molecule has 0 radical (unpaired) electrons. The molecule has 0 saturated heterocycles. The van der Waals surface area contributed by atoms with Crippen LogP contribution >= 0.6 is 0 Å². The van der Waals surface area contributed by atoms with Crippen LogP contribution in [0.1, 0.15) is 19.5 Å². The molecule has 1 amide bonds. The second-order valence-corrected chi connectivity index (χ2v) is 3.66. The Balaban J connectivity index is 2.77. The summed E-state index contributed by atoms with van der Waals surface area (Å²) in [4.78, 5) is 18.8. The molecule has 0 aliphatic heterocycles. The minimum Gasteiger partial charge on any atom is -0.475 e. The van der Waals surface area contributed by atoms with Crippen LogP contribution in [0.15, 0.2) is 6.07 Å². The van der Waals surface area contributed by atoms with Crippen LogP contribution < -0.4 is 15.8 Å². The summed E-state index contributed by atoms with van der Waals surface area (Å²) in [6.07, 6.45) is 0.0401. The van der Waals surface area contributed by atoms with Gasteiger partial charge in [0.2, 0.25) is 17.7 Å². The molecule has 0 aliphatic rings. The molecule has 6 nitrogen and oxygen atoms in total. The number of rotatable bonds is 5. The van der Waals surface area contributed by atoms with Crippen molar-refractivity contribution in [3.8, 4) is 5.88 Å². The van der Waals surface area contributed by atoms with Crippen LogP contribution in [-0.4, -0.2) is 28.5 Å². The Morgan fingerprint density at radius 3 is 2.81 bits per heavy atom. The highest BCUT2D eigenvalue weighted by Gasteiger charge is 2.05. The largest absolute Gasteiger partial charge is 0.475 e. The smallest absolute Gasteiger partial charge is 0.236 e. The zero-order valence-electron chi connectivity index (χ0n) is 9.65. The molecule has 1 aromatic rings. The molecule has 3 N–H and O–H groups in total. The Morgan fingerprint density at radius 1 is 1.56 bits per heavy atom. The summed E-state index contributed by atoms with van der Waals surface area (Å²) in [6, 6.07) is 1.73. The van der Waals surface area contributed by atoms with Crippen LogP contribution in [0.2, 0.25) is 0 Å². The number of hydrogen-bond donors (Lipinski definition) is 2. The number of nitrogens with zero attached hydrogens (tertiary/aromatic N) is 2. The first-order chi connectivity index (χ1) is 7.47. The summed E-state index contributed by atoms with van der Waals surface area (Å²) >= 11 is 0. The molecule has 88 valence electrons. The number of carbonyl (C=O) groups is 1. The van der Waals surface area contributed by atoms with Gasteiger partial charge < -0.3 is 15.8 Å². The lowest BCUT2D eigenvalue weighted by Crippen LogP contribution is -2.23. The first-order valence-corrected chi connectivity index (χ1v) is 5.02. The number of amides is 1. The van der Waals surface area contributed by atoms with E-state index < -0.39 is 5.91 Å². The van der Waals surface area contributed by atoms with Gasteiger partial charge in [0.15, 0.2) is 0 Å². The minimum absolute atomic E-state index is 0.00454. The van der Waals surface area contributed by atoms with E-state index in [0.29, 0.717) is 11.8 Å². The molecule has 0 unspecified atom stereocenters. The lowest BCUT2D eigenvalue weighted by atomic mass is 10.4. The zero-order chi connectivity index (χ0) is 12.1. The molecule has 1 heterocycles. The number of nitrogens with two attached hydrogens (primary N) is 1. The van der Waals surface area contributed by atoms with E-state index in [1.54, 1.807) is 6.07 Å². The van der Waals surface area contributed by atoms with Crippen molar-refractivity contribution in [2.24, 2.45) is 5.73 Å². The third-order valence-corrected chi connectivity index (χ3v) is 1.61. The van der Waals surface area contributed by atoms with E-state index >= 15 is 0 Å². The summed E-state index contributed by atoms with van der Waals surface area (Å²) in [5.41, 5.74) is 5.77. The molecule has 6 heteroatoms. The second kappa shape index (κ2) is 5.29. The lowest BCUT2D eigenvalue weighted by Gasteiger charge is -2.10. The number of nitrogens with one attached hydrogen (secondary N) is 1. The first-order valence-electron chi connectivity index (χ1n) is 5.02. The van der Waals surface area contributed by atoms with Crippen LogP contribution in [0.4, 0.5) is 5.95 Å². The molecule has 0 aliphatic carbocycles. The Labute approximate surface area is 94.2 Å². The van der Waals surface area contributed by atoms with Gasteiger partial charge in [-0.3, -0.25) is 4.79 Å². The monoisotopic (exact) mass is 224 g/mol. The third kappa shape index (κ3) is 4.12. The summed E-state index contributed by atoms with van der Waals surface area (Å²) < 4.78 is 5.44. The van der Waals surface area contributed by atoms with Crippen molar-refractivity contribution in [1.29, 1.82) is 0 Å². The van der Waals surface area contributed by atoms with E-state index in [0.717, 1.165) is 5.69 Å². The number of aromatic nitrogens is 2.